The lowest BCUT2D eigenvalue weighted by atomic mass is 9.94. The molecule has 1 saturated carbocycles. The van der Waals surface area contributed by atoms with Crippen LogP contribution < -0.4 is 5.32 Å². The number of nitrogens with zero attached hydrogens (tertiary/aromatic N) is 1. The highest BCUT2D eigenvalue weighted by Gasteiger charge is 2.35. The Balaban J connectivity index is 1.72. The van der Waals surface area contributed by atoms with Gasteiger partial charge in [0.1, 0.15) is 11.9 Å². The normalized spacial score (nSPS) is 15.4. The molecule has 1 N–H and O–H groups in total. The van der Waals surface area contributed by atoms with Crippen LogP contribution in [0.1, 0.15) is 58.3 Å². The minimum absolute atomic E-state index is 0.0657. The van der Waals surface area contributed by atoms with E-state index < -0.39 is 11.9 Å². The van der Waals surface area contributed by atoms with E-state index in [9.17, 15) is 14.0 Å². The lowest BCUT2D eigenvalue weighted by Gasteiger charge is -2.33. The fraction of sp³-hybridized carbons (Fsp3) is 0.333. The summed E-state index contributed by atoms with van der Waals surface area (Å²) < 4.78 is 14.9. The number of carbonyl (C=O) groups excluding carboxylic acids is 2. The fourth-order valence-electron chi connectivity index (χ4n) is 4.07. The maximum atomic E-state index is 14.9. The van der Waals surface area contributed by atoms with E-state index in [1.54, 1.807) is 30.3 Å². The van der Waals surface area contributed by atoms with Crippen molar-refractivity contribution in [2.45, 2.75) is 50.7 Å². The molecule has 0 saturated heterocycles. The Morgan fingerprint density at radius 1 is 1.00 bits per heavy atom. The van der Waals surface area contributed by atoms with E-state index in [0.29, 0.717) is 4.88 Å². The summed E-state index contributed by atoms with van der Waals surface area (Å²) in [6.07, 6.45) is 5.15. The summed E-state index contributed by atoms with van der Waals surface area (Å²) in [6, 6.07) is 12.7. The van der Waals surface area contributed by atoms with Gasteiger partial charge in [-0.3, -0.25) is 9.59 Å². The van der Waals surface area contributed by atoms with Crippen molar-refractivity contribution in [1.82, 2.24) is 10.2 Å². The molecule has 31 heavy (non-hydrogen) atoms. The van der Waals surface area contributed by atoms with Crippen LogP contribution in [0, 0.1) is 5.82 Å². The number of benzene rings is 1. The molecule has 0 bridgehead atoms. The zero-order valence-electron chi connectivity index (χ0n) is 17.1. The summed E-state index contributed by atoms with van der Waals surface area (Å²) in [5.74, 6) is -1.07. The lowest BCUT2D eigenvalue weighted by Crippen LogP contribution is -2.47. The first-order chi connectivity index (χ1) is 15.1. The zero-order chi connectivity index (χ0) is 21.6. The van der Waals surface area contributed by atoms with Gasteiger partial charge in [0, 0.05) is 16.5 Å². The molecule has 1 aliphatic carbocycles. The Bertz CT molecular complexity index is 999. The van der Waals surface area contributed by atoms with Crippen LogP contribution in [0.15, 0.2) is 59.3 Å². The van der Waals surface area contributed by atoms with Crippen molar-refractivity contribution in [2.75, 3.05) is 0 Å². The SMILES string of the molecule is O=C(NC1CCCCC1)[C@H](c1ccccc1F)N(Cc1cccs1)C(=O)c1cccs1. The molecule has 0 spiro atoms. The maximum absolute atomic E-state index is 14.9. The van der Waals surface area contributed by atoms with E-state index in [4.69, 9.17) is 0 Å². The summed E-state index contributed by atoms with van der Waals surface area (Å²) in [5.41, 5.74) is 0.220. The van der Waals surface area contributed by atoms with E-state index in [0.717, 1.165) is 30.6 Å². The van der Waals surface area contributed by atoms with E-state index in [2.05, 4.69) is 5.32 Å². The summed E-state index contributed by atoms with van der Waals surface area (Å²) >= 11 is 2.84. The molecule has 2 amide bonds. The Morgan fingerprint density at radius 3 is 2.42 bits per heavy atom. The van der Waals surface area contributed by atoms with Crippen molar-refractivity contribution in [2.24, 2.45) is 0 Å². The predicted molar refractivity (Wildman–Crippen MR) is 123 cm³/mol. The number of amides is 2. The summed E-state index contributed by atoms with van der Waals surface area (Å²) in [5, 5.41) is 6.88. The molecule has 0 unspecified atom stereocenters. The standard InChI is InChI=1S/C24H25FN2O2S2/c25-20-12-5-4-11-19(20)22(23(28)26-17-8-2-1-3-9-17)27(16-18-10-6-14-30-18)24(29)21-13-7-15-31-21/h4-7,10-15,17,22H,1-3,8-9,16H2,(H,26,28)/t22-/m0/s1. The first kappa shape index (κ1) is 21.7. The Kier molecular flexibility index (Phi) is 7.14. The van der Waals surface area contributed by atoms with Gasteiger partial charge < -0.3 is 10.2 Å². The number of hydrogen-bond acceptors (Lipinski definition) is 4. The van der Waals surface area contributed by atoms with Gasteiger partial charge >= 0.3 is 0 Å². The number of thiophene rings is 2. The minimum Gasteiger partial charge on any atom is -0.351 e. The van der Waals surface area contributed by atoms with Crippen LogP contribution in [0.4, 0.5) is 4.39 Å². The van der Waals surface area contributed by atoms with Gasteiger partial charge in [-0.25, -0.2) is 4.39 Å². The smallest absolute Gasteiger partial charge is 0.265 e. The van der Waals surface area contributed by atoms with E-state index in [-0.39, 0.29) is 30.0 Å². The molecule has 1 fully saturated rings. The molecule has 1 aromatic carbocycles. The van der Waals surface area contributed by atoms with Crippen LogP contribution in [-0.4, -0.2) is 22.8 Å². The van der Waals surface area contributed by atoms with Gasteiger partial charge in [0.05, 0.1) is 11.4 Å². The van der Waals surface area contributed by atoms with Crippen LogP contribution in [0.25, 0.3) is 0 Å². The molecular weight excluding hydrogens is 431 g/mol. The van der Waals surface area contributed by atoms with Gasteiger partial charge in [-0.05, 0) is 41.8 Å². The Hall–Kier alpha value is -2.51. The number of halogens is 1. The van der Waals surface area contributed by atoms with Crippen LogP contribution in [0.3, 0.4) is 0 Å². The molecule has 0 aliphatic heterocycles. The van der Waals surface area contributed by atoms with Gasteiger partial charge in [-0.2, -0.15) is 0 Å². The summed E-state index contributed by atoms with van der Waals surface area (Å²) in [6.45, 7) is 0.242. The van der Waals surface area contributed by atoms with Gasteiger partial charge in [0.2, 0.25) is 5.91 Å². The topological polar surface area (TPSA) is 49.4 Å². The number of carbonyl (C=O) groups is 2. The first-order valence-electron chi connectivity index (χ1n) is 10.5. The molecule has 4 rings (SSSR count). The van der Waals surface area contributed by atoms with E-state index in [1.807, 2.05) is 22.9 Å². The lowest BCUT2D eigenvalue weighted by molar-refractivity contribution is -0.127. The summed E-state index contributed by atoms with van der Waals surface area (Å²) in [4.78, 5) is 30.0. The average Bonchev–Trinajstić information content (AvgIpc) is 3.49. The average molecular weight is 457 g/mol. The van der Waals surface area contributed by atoms with Crippen LogP contribution in [-0.2, 0) is 11.3 Å². The fourth-order valence-corrected chi connectivity index (χ4v) is 5.45. The molecule has 0 radical (unpaired) electrons. The van der Waals surface area contributed by atoms with Crippen molar-refractivity contribution >= 4 is 34.5 Å². The molecule has 4 nitrogen and oxygen atoms in total. The molecule has 7 heteroatoms. The molecule has 2 aromatic heterocycles. The second-order valence-electron chi connectivity index (χ2n) is 7.76. The second-order valence-corrected chi connectivity index (χ2v) is 9.74. The second kappa shape index (κ2) is 10.2. The largest absolute Gasteiger partial charge is 0.351 e. The molecule has 1 aliphatic rings. The molecule has 3 aromatic rings. The van der Waals surface area contributed by atoms with Gasteiger partial charge in [-0.1, -0.05) is 49.6 Å². The molecule has 162 valence electrons. The third-order valence-corrected chi connectivity index (χ3v) is 7.33. The quantitative estimate of drug-likeness (QED) is 0.490. The zero-order valence-corrected chi connectivity index (χ0v) is 18.8. The third kappa shape index (κ3) is 5.22. The van der Waals surface area contributed by atoms with Crippen LogP contribution in [0.2, 0.25) is 0 Å². The number of nitrogens with one attached hydrogen (secondary N) is 1. The van der Waals surface area contributed by atoms with Crippen LogP contribution in [0.5, 0.6) is 0 Å². The van der Waals surface area contributed by atoms with Crippen molar-refractivity contribution < 1.29 is 14.0 Å². The van der Waals surface area contributed by atoms with E-state index >= 15 is 0 Å². The van der Waals surface area contributed by atoms with Crippen molar-refractivity contribution in [3.8, 4) is 0 Å². The summed E-state index contributed by atoms with van der Waals surface area (Å²) in [7, 11) is 0. The van der Waals surface area contributed by atoms with Crippen molar-refractivity contribution in [3.05, 3.63) is 80.4 Å². The first-order valence-corrected chi connectivity index (χ1v) is 12.3. The monoisotopic (exact) mass is 456 g/mol. The minimum atomic E-state index is -1.04. The van der Waals surface area contributed by atoms with Crippen molar-refractivity contribution in [1.29, 1.82) is 0 Å². The highest BCUT2D eigenvalue weighted by Crippen LogP contribution is 2.30. The van der Waals surface area contributed by atoms with Crippen molar-refractivity contribution in [3.63, 3.8) is 0 Å². The molecule has 1 atom stereocenters. The number of hydrogen-bond donors (Lipinski definition) is 1. The van der Waals surface area contributed by atoms with E-state index in [1.165, 1.54) is 40.1 Å². The Morgan fingerprint density at radius 2 is 1.74 bits per heavy atom. The number of rotatable bonds is 7. The predicted octanol–water partition coefficient (Wildman–Crippen LogP) is 5.78. The highest BCUT2D eigenvalue weighted by molar-refractivity contribution is 7.12. The third-order valence-electron chi connectivity index (χ3n) is 5.61. The Labute approximate surface area is 189 Å². The van der Waals surface area contributed by atoms with Gasteiger partial charge in [-0.15, -0.1) is 22.7 Å². The molecule has 2 heterocycles. The maximum Gasteiger partial charge on any atom is 0.265 e. The van der Waals surface area contributed by atoms with Crippen LogP contribution >= 0.6 is 22.7 Å². The highest BCUT2D eigenvalue weighted by atomic mass is 32.1. The van der Waals surface area contributed by atoms with Gasteiger partial charge in [0.15, 0.2) is 0 Å². The molecular formula is C24H25FN2O2S2. The van der Waals surface area contributed by atoms with Gasteiger partial charge in [0.25, 0.3) is 5.91 Å².